The van der Waals surface area contributed by atoms with Crippen molar-refractivity contribution in [2.45, 2.75) is 109 Å². The summed E-state index contributed by atoms with van der Waals surface area (Å²) >= 11 is 0. The first-order chi connectivity index (χ1) is 10.5. The standard InChI is InChI=1S/C18H36O4.Ba.2H/c1-2-3-4-5-6-7-8-9-10-11-12-13-14-15-16-18(21,22)17(19)20;;;/h21-22H,2-16H2,1H3,(H,19,20);;;. The Bertz CT molecular complexity index is 270. The van der Waals surface area contributed by atoms with Crippen LogP contribution < -0.4 is 0 Å². The molecule has 0 aliphatic carbocycles. The van der Waals surface area contributed by atoms with E-state index < -0.39 is 11.8 Å². The second-order valence-electron chi connectivity index (χ2n) is 6.47. The number of carboxylic acid groups (broad SMARTS) is 1. The van der Waals surface area contributed by atoms with Crippen LogP contribution in [0.5, 0.6) is 0 Å². The number of hydrogen-bond acceptors (Lipinski definition) is 3. The molecule has 0 saturated heterocycles. The Morgan fingerprint density at radius 1 is 0.696 bits per heavy atom. The van der Waals surface area contributed by atoms with E-state index >= 15 is 0 Å². The van der Waals surface area contributed by atoms with Crippen molar-refractivity contribution < 1.29 is 20.1 Å². The minimum atomic E-state index is -2.54. The topological polar surface area (TPSA) is 77.8 Å². The molecule has 0 aromatic heterocycles. The fourth-order valence-corrected chi connectivity index (χ4v) is 2.67. The van der Waals surface area contributed by atoms with Gasteiger partial charge in [-0.15, -0.1) is 0 Å². The zero-order valence-electron chi connectivity index (χ0n) is 14.4. The van der Waals surface area contributed by atoms with Gasteiger partial charge in [-0.2, -0.15) is 0 Å². The first kappa shape index (κ1) is 26.2. The molecule has 0 amide bonds. The Balaban J connectivity index is 0. The Kier molecular flexibility index (Phi) is 20.2. The third-order valence-corrected chi connectivity index (χ3v) is 4.22. The predicted molar refractivity (Wildman–Crippen MR) is 98.3 cm³/mol. The molecule has 0 radical (unpaired) electrons. The number of rotatable bonds is 16. The molecule has 0 rings (SSSR count). The van der Waals surface area contributed by atoms with Gasteiger partial charge in [-0.05, 0) is 6.42 Å². The second kappa shape index (κ2) is 17.8. The maximum absolute atomic E-state index is 10.5. The molecule has 4 nitrogen and oxygen atoms in total. The van der Waals surface area contributed by atoms with Gasteiger partial charge >= 0.3 is 54.9 Å². The summed E-state index contributed by atoms with van der Waals surface area (Å²) in [5.74, 6) is -4.10. The molecule has 0 heterocycles. The van der Waals surface area contributed by atoms with Gasteiger partial charge in [-0.25, -0.2) is 4.79 Å². The van der Waals surface area contributed by atoms with E-state index in [4.69, 9.17) is 15.3 Å². The van der Waals surface area contributed by atoms with Gasteiger partial charge in [0.25, 0.3) is 5.79 Å². The number of unbranched alkanes of at least 4 members (excludes halogenated alkanes) is 13. The summed E-state index contributed by atoms with van der Waals surface area (Å²) in [4.78, 5) is 10.5. The van der Waals surface area contributed by atoms with Crippen molar-refractivity contribution in [3.8, 4) is 0 Å². The van der Waals surface area contributed by atoms with Crippen LogP contribution in [0.3, 0.4) is 0 Å². The fourth-order valence-electron chi connectivity index (χ4n) is 2.67. The van der Waals surface area contributed by atoms with E-state index in [0.29, 0.717) is 6.42 Å². The molecule has 0 bridgehead atoms. The normalized spacial score (nSPS) is 11.3. The summed E-state index contributed by atoms with van der Waals surface area (Å²) in [5.41, 5.74) is 0. The van der Waals surface area contributed by atoms with Crippen molar-refractivity contribution in [1.29, 1.82) is 0 Å². The van der Waals surface area contributed by atoms with Gasteiger partial charge in [-0.3, -0.25) is 0 Å². The number of aliphatic carboxylic acids is 1. The van der Waals surface area contributed by atoms with E-state index in [9.17, 15) is 4.79 Å². The molecule has 0 aliphatic rings. The van der Waals surface area contributed by atoms with Crippen LogP contribution in [0.15, 0.2) is 0 Å². The van der Waals surface area contributed by atoms with Crippen molar-refractivity contribution in [1.82, 2.24) is 0 Å². The van der Waals surface area contributed by atoms with Crippen molar-refractivity contribution >= 4 is 54.9 Å². The summed E-state index contributed by atoms with van der Waals surface area (Å²) in [6.45, 7) is 2.25. The van der Waals surface area contributed by atoms with E-state index in [0.717, 1.165) is 19.3 Å². The van der Waals surface area contributed by atoms with E-state index in [2.05, 4.69) is 6.92 Å². The average molecular weight is 456 g/mol. The van der Waals surface area contributed by atoms with Gasteiger partial charge in [0, 0.05) is 6.42 Å². The second-order valence-corrected chi connectivity index (χ2v) is 6.47. The predicted octanol–water partition coefficient (Wildman–Crippen LogP) is 3.71. The number of aliphatic hydroxyl groups is 2. The Morgan fingerprint density at radius 2 is 1.00 bits per heavy atom. The van der Waals surface area contributed by atoms with Crippen LogP contribution in [-0.4, -0.2) is 76.0 Å². The van der Waals surface area contributed by atoms with E-state index in [1.807, 2.05) is 0 Å². The average Bonchev–Trinajstić information content (AvgIpc) is 2.47. The monoisotopic (exact) mass is 456 g/mol. The quantitative estimate of drug-likeness (QED) is 0.188. The maximum atomic E-state index is 10.5. The van der Waals surface area contributed by atoms with Crippen molar-refractivity contribution in [2.75, 3.05) is 0 Å². The van der Waals surface area contributed by atoms with Crippen LogP contribution in [0, 0.1) is 0 Å². The van der Waals surface area contributed by atoms with Gasteiger partial charge < -0.3 is 15.3 Å². The first-order valence-electron chi connectivity index (χ1n) is 9.19. The van der Waals surface area contributed by atoms with Crippen LogP contribution in [0.25, 0.3) is 0 Å². The van der Waals surface area contributed by atoms with E-state index in [-0.39, 0.29) is 55.3 Å². The summed E-state index contributed by atoms with van der Waals surface area (Å²) in [6, 6.07) is 0. The van der Waals surface area contributed by atoms with Gasteiger partial charge in [0.1, 0.15) is 0 Å². The Labute approximate surface area is 182 Å². The molecule has 5 heteroatoms. The van der Waals surface area contributed by atoms with E-state index in [1.54, 1.807) is 0 Å². The van der Waals surface area contributed by atoms with Gasteiger partial charge in [0.05, 0.1) is 0 Å². The molecule has 136 valence electrons. The molecular formula is C18H38BaO4. The molecule has 0 aliphatic heterocycles. The van der Waals surface area contributed by atoms with Crippen LogP contribution in [0.2, 0.25) is 0 Å². The van der Waals surface area contributed by atoms with Gasteiger partial charge in [0.15, 0.2) is 0 Å². The summed E-state index contributed by atoms with van der Waals surface area (Å²) in [5, 5.41) is 26.8. The Hall–Kier alpha value is 0.961. The SMILES string of the molecule is CCCCCCCCCCCCCCCCC(O)(O)C(=O)O.[BaH2]. The number of carboxylic acids is 1. The van der Waals surface area contributed by atoms with Crippen molar-refractivity contribution in [3.05, 3.63) is 0 Å². The number of carbonyl (C=O) groups is 1. The summed E-state index contributed by atoms with van der Waals surface area (Å²) < 4.78 is 0. The summed E-state index contributed by atoms with van der Waals surface area (Å²) in [7, 11) is 0. The molecule has 23 heavy (non-hydrogen) atoms. The molecular weight excluding hydrogens is 418 g/mol. The Morgan fingerprint density at radius 3 is 1.30 bits per heavy atom. The summed E-state index contributed by atoms with van der Waals surface area (Å²) in [6.07, 6.45) is 17.0. The van der Waals surface area contributed by atoms with Crippen LogP contribution >= 0.6 is 0 Å². The van der Waals surface area contributed by atoms with Crippen LogP contribution in [-0.2, 0) is 4.79 Å². The fraction of sp³-hybridized carbons (Fsp3) is 0.944. The van der Waals surface area contributed by atoms with Crippen LogP contribution in [0.4, 0.5) is 0 Å². The zero-order valence-corrected chi connectivity index (χ0v) is 14.4. The van der Waals surface area contributed by atoms with Crippen molar-refractivity contribution in [2.24, 2.45) is 0 Å². The number of hydrogen-bond donors (Lipinski definition) is 3. The third kappa shape index (κ3) is 17.6. The molecule has 0 unspecified atom stereocenters. The molecule has 0 fully saturated rings. The third-order valence-electron chi connectivity index (χ3n) is 4.22. The molecule has 0 spiro atoms. The first-order valence-corrected chi connectivity index (χ1v) is 9.19. The molecule has 0 atom stereocenters. The minimum absolute atomic E-state index is 0. The molecule has 3 N–H and O–H groups in total. The van der Waals surface area contributed by atoms with Gasteiger partial charge in [0.2, 0.25) is 0 Å². The molecule has 0 aromatic carbocycles. The molecule has 0 aromatic rings. The van der Waals surface area contributed by atoms with Gasteiger partial charge in [-0.1, -0.05) is 90.4 Å². The van der Waals surface area contributed by atoms with E-state index in [1.165, 1.54) is 64.2 Å². The van der Waals surface area contributed by atoms with Crippen LogP contribution in [0.1, 0.15) is 103 Å². The molecule has 0 saturated carbocycles. The van der Waals surface area contributed by atoms with Crippen molar-refractivity contribution in [3.63, 3.8) is 0 Å². The zero-order chi connectivity index (χ0) is 16.7.